The first-order valence-electron chi connectivity index (χ1n) is 5.21. The van der Waals surface area contributed by atoms with Gasteiger partial charge in [-0.25, -0.2) is 0 Å². The van der Waals surface area contributed by atoms with Crippen molar-refractivity contribution in [3.8, 4) is 0 Å². The minimum atomic E-state index is 0.0255. The quantitative estimate of drug-likeness (QED) is 0.706. The molecule has 2 heteroatoms. The number of carbonyl (C=O) groups excluding carboxylic acids is 2. The molecule has 0 aliphatic carbocycles. The fraction of sp³-hybridized carbons (Fsp3) is 0.385. The van der Waals surface area contributed by atoms with E-state index in [-0.39, 0.29) is 17.5 Å². The Morgan fingerprint density at radius 1 is 1.13 bits per heavy atom. The smallest absolute Gasteiger partial charge is 0.165 e. The van der Waals surface area contributed by atoms with Crippen LogP contribution in [0.5, 0.6) is 0 Å². The van der Waals surface area contributed by atoms with E-state index in [9.17, 15) is 9.59 Å². The van der Waals surface area contributed by atoms with E-state index in [1.54, 1.807) is 24.3 Å². The summed E-state index contributed by atoms with van der Waals surface area (Å²) in [4.78, 5) is 22.8. The van der Waals surface area contributed by atoms with Crippen LogP contribution in [0, 0.1) is 5.92 Å². The first-order chi connectivity index (χ1) is 7.06. The van der Waals surface area contributed by atoms with Crippen molar-refractivity contribution in [1.29, 1.82) is 0 Å². The average Bonchev–Trinajstić information content (AvgIpc) is 2.27. The van der Waals surface area contributed by atoms with E-state index in [2.05, 4.69) is 0 Å². The SMILES string of the molecule is CCC(C)C(=O)c1ccc(C(C)=O)cc1. The zero-order chi connectivity index (χ0) is 11.4. The van der Waals surface area contributed by atoms with Crippen molar-refractivity contribution in [2.45, 2.75) is 27.2 Å². The molecule has 1 aromatic rings. The largest absolute Gasteiger partial charge is 0.295 e. The van der Waals surface area contributed by atoms with E-state index < -0.39 is 0 Å². The molecule has 1 unspecified atom stereocenters. The molecule has 0 spiro atoms. The van der Waals surface area contributed by atoms with Gasteiger partial charge in [-0.1, -0.05) is 38.1 Å². The maximum Gasteiger partial charge on any atom is 0.165 e. The lowest BCUT2D eigenvalue weighted by Crippen LogP contribution is -2.10. The lowest BCUT2D eigenvalue weighted by atomic mass is 9.96. The summed E-state index contributed by atoms with van der Waals surface area (Å²) in [6.07, 6.45) is 0.841. The zero-order valence-electron chi connectivity index (χ0n) is 9.41. The topological polar surface area (TPSA) is 34.1 Å². The number of ketones is 2. The van der Waals surface area contributed by atoms with Crippen LogP contribution in [0.1, 0.15) is 47.9 Å². The molecule has 1 atom stereocenters. The normalized spacial score (nSPS) is 12.2. The maximum atomic E-state index is 11.8. The van der Waals surface area contributed by atoms with E-state index in [1.807, 2.05) is 13.8 Å². The lowest BCUT2D eigenvalue weighted by molar-refractivity contribution is 0.0926. The Morgan fingerprint density at radius 2 is 1.60 bits per heavy atom. The van der Waals surface area contributed by atoms with E-state index in [1.165, 1.54) is 6.92 Å². The molecule has 0 aromatic heterocycles. The molecule has 0 aliphatic rings. The molecule has 0 saturated carbocycles. The molecule has 0 fully saturated rings. The van der Waals surface area contributed by atoms with Crippen molar-refractivity contribution >= 4 is 11.6 Å². The number of hydrogen-bond acceptors (Lipinski definition) is 2. The summed E-state index contributed by atoms with van der Waals surface area (Å²) < 4.78 is 0. The van der Waals surface area contributed by atoms with E-state index >= 15 is 0 Å². The van der Waals surface area contributed by atoms with Gasteiger partial charge in [-0.05, 0) is 13.3 Å². The van der Waals surface area contributed by atoms with Crippen molar-refractivity contribution < 1.29 is 9.59 Å². The van der Waals surface area contributed by atoms with Gasteiger partial charge in [-0.2, -0.15) is 0 Å². The van der Waals surface area contributed by atoms with Crippen LogP contribution in [-0.2, 0) is 0 Å². The van der Waals surface area contributed by atoms with Crippen molar-refractivity contribution in [2.75, 3.05) is 0 Å². The molecule has 1 aromatic carbocycles. The van der Waals surface area contributed by atoms with E-state index in [0.29, 0.717) is 11.1 Å². The Bertz CT molecular complexity index is 363. The molecule has 80 valence electrons. The highest BCUT2D eigenvalue weighted by Gasteiger charge is 2.12. The van der Waals surface area contributed by atoms with E-state index in [4.69, 9.17) is 0 Å². The molecule has 0 saturated heterocycles. The molecule has 1 rings (SSSR count). The minimum Gasteiger partial charge on any atom is -0.295 e. The number of rotatable bonds is 4. The molecular formula is C13H16O2. The van der Waals surface area contributed by atoms with Gasteiger partial charge in [0.05, 0.1) is 0 Å². The fourth-order valence-corrected chi connectivity index (χ4v) is 1.34. The third-order valence-corrected chi connectivity index (χ3v) is 2.64. The van der Waals surface area contributed by atoms with Crippen LogP contribution in [0.25, 0.3) is 0 Å². The predicted molar refractivity (Wildman–Crippen MR) is 60.2 cm³/mol. The number of benzene rings is 1. The summed E-state index contributed by atoms with van der Waals surface area (Å²) in [5.74, 6) is 0.221. The van der Waals surface area contributed by atoms with Gasteiger partial charge in [0.15, 0.2) is 11.6 Å². The maximum absolute atomic E-state index is 11.8. The van der Waals surface area contributed by atoms with Crippen molar-refractivity contribution in [2.24, 2.45) is 5.92 Å². The summed E-state index contributed by atoms with van der Waals surface area (Å²) in [5.41, 5.74) is 1.34. The number of carbonyl (C=O) groups is 2. The molecule has 15 heavy (non-hydrogen) atoms. The van der Waals surface area contributed by atoms with Crippen LogP contribution in [0.15, 0.2) is 24.3 Å². The summed E-state index contributed by atoms with van der Waals surface area (Å²) in [6, 6.07) is 6.87. The summed E-state index contributed by atoms with van der Waals surface area (Å²) in [6.45, 7) is 5.43. The number of Topliss-reactive ketones (excluding diaryl/α,β-unsaturated/α-hetero) is 2. The molecular weight excluding hydrogens is 188 g/mol. The second-order valence-corrected chi connectivity index (χ2v) is 3.81. The molecule has 0 heterocycles. The minimum absolute atomic E-state index is 0.0255. The molecule has 0 radical (unpaired) electrons. The Kier molecular flexibility index (Phi) is 3.78. The van der Waals surface area contributed by atoms with Crippen LogP contribution >= 0.6 is 0 Å². The van der Waals surface area contributed by atoms with Crippen LogP contribution in [0.3, 0.4) is 0 Å². The van der Waals surface area contributed by atoms with Crippen LogP contribution < -0.4 is 0 Å². The van der Waals surface area contributed by atoms with Crippen molar-refractivity contribution in [1.82, 2.24) is 0 Å². The monoisotopic (exact) mass is 204 g/mol. The van der Waals surface area contributed by atoms with Crippen molar-refractivity contribution in [3.63, 3.8) is 0 Å². The Hall–Kier alpha value is -1.44. The van der Waals surface area contributed by atoms with Gasteiger partial charge >= 0.3 is 0 Å². The van der Waals surface area contributed by atoms with Gasteiger partial charge in [-0.15, -0.1) is 0 Å². The lowest BCUT2D eigenvalue weighted by Gasteiger charge is -2.07. The average molecular weight is 204 g/mol. The van der Waals surface area contributed by atoms with Crippen LogP contribution in [0.4, 0.5) is 0 Å². The van der Waals surface area contributed by atoms with Gasteiger partial charge in [-0.3, -0.25) is 9.59 Å². The zero-order valence-corrected chi connectivity index (χ0v) is 9.41. The predicted octanol–water partition coefficient (Wildman–Crippen LogP) is 3.12. The molecule has 0 amide bonds. The standard InChI is InChI=1S/C13H16O2/c1-4-9(2)13(15)12-7-5-11(6-8-12)10(3)14/h5-9H,4H2,1-3H3. The summed E-state index contributed by atoms with van der Waals surface area (Å²) >= 11 is 0. The third-order valence-electron chi connectivity index (χ3n) is 2.64. The molecule has 0 bridgehead atoms. The van der Waals surface area contributed by atoms with Gasteiger partial charge in [0.2, 0.25) is 0 Å². The van der Waals surface area contributed by atoms with Gasteiger partial charge < -0.3 is 0 Å². The van der Waals surface area contributed by atoms with Crippen molar-refractivity contribution in [3.05, 3.63) is 35.4 Å². The van der Waals surface area contributed by atoms with Gasteiger partial charge in [0, 0.05) is 17.0 Å². The first-order valence-corrected chi connectivity index (χ1v) is 5.21. The highest BCUT2D eigenvalue weighted by molar-refractivity contribution is 5.99. The highest BCUT2D eigenvalue weighted by atomic mass is 16.1. The van der Waals surface area contributed by atoms with Gasteiger partial charge in [0.1, 0.15) is 0 Å². The second-order valence-electron chi connectivity index (χ2n) is 3.81. The van der Waals surface area contributed by atoms with E-state index in [0.717, 1.165) is 6.42 Å². The second kappa shape index (κ2) is 4.87. The first kappa shape index (κ1) is 11.6. The molecule has 0 aliphatic heterocycles. The van der Waals surface area contributed by atoms with Gasteiger partial charge in [0.25, 0.3) is 0 Å². The summed E-state index contributed by atoms with van der Waals surface area (Å²) in [7, 11) is 0. The molecule has 0 N–H and O–H groups in total. The van der Waals surface area contributed by atoms with Crippen LogP contribution in [0.2, 0.25) is 0 Å². The van der Waals surface area contributed by atoms with Crippen LogP contribution in [-0.4, -0.2) is 11.6 Å². The molecule has 2 nitrogen and oxygen atoms in total. The fourth-order valence-electron chi connectivity index (χ4n) is 1.34. The highest BCUT2D eigenvalue weighted by Crippen LogP contribution is 2.13. The summed E-state index contributed by atoms with van der Waals surface area (Å²) in [5, 5.41) is 0. The Labute approximate surface area is 90.3 Å². The Morgan fingerprint density at radius 3 is 2.00 bits per heavy atom. The number of hydrogen-bond donors (Lipinski definition) is 0. The third kappa shape index (κ3) is 2.75. The Balaban J connectivity index is 2.89.